The van der Waals surface area contributed by atoms with E-state index in [2.05, 4.69) is 16.6 Å². The molecule has 0 saturated carbocycles. The number of halogens is 2. The van der Waals surface area contributed by atoms with Crippen molar-refractivity contribution in [2.45, 2.75) is 6.61 Å². The minimum Gasteiger partial charge on any atom is -0.488 e. The molecule has 7 heteroatoms. The van der Waals surface area contributed by atoms with E-state index in [4.69, 9.17) is 33.2 Å². The highest BCUT2D eigenvalue weighted by atomic mass is 35.5. The Balaban J connectivity index is 1.68. The highest BCUT2D eigenvalue weighted by molar-refractivity contribution is 6.31. The summed E-state index contributed by atoms with van der Waals surface area (Å²) in [5.74, 6) is 0.172. The summed E-state index contributed by atoms with van der Waals surface area (Å²) in [6.45, 7) is 0.309. The SMILES string of the molecule is N#Cc1ccc(COc2ccc(Cl)cc2/C=N/NC(=O)c2cccc(Cl)c2)cc1. The lowest BCUT2D eigenvalue weighted by Gasteiger charge is -2.10. The average molecular weight is 424 g/mol. The quantitative estimate of drug-likeness (QED) is 0.436. The van der Waals surface area contributed by atoms with Gasteiger partial charge < -0.3 is 4.74 Å². The van der Waals surface area contributed by atoms with E-state index in [0.29, 0.717) is 39.1 Å². The van der Waals surface area contributed by atoms with E-state index in [1.54, 1.807) is 54.6 Å². The Kier molecular flexibility index (Phi) is 6.85. The third-order valence-electron chi connectivity index (χ3n) is 3.91. The predicted molar refractivity (Wildman–Crippen MR) is 113 cm³/mol. The number of nitriles is 1. The summed E-state index contributed by atoms with van der Waals surface area (Å²) in [6, 6.07) is 20.9. The van der Waals surface area contributed by atoms with Crippen LogP contribution in [0.5, 0.6) is 5.75 Å². The highest BCUT2D eigenvalue weighted by Gasteiger charge is 2.06. The van der Waals surface area contributed by atoms with Crippen molar-refractivity contribution in [3.05, 3.63) is 99.0 Å². The molecular weight excluding hydrogens is 409 g/mol. The van der Waals surface area contributed by atoms with Crippen LogP contribution < -0.4 is 10.2 Å². The van der Waals surface area contributed by atoms with Crippen molar-refractivity contribution in [3.8, 4) is 11.8 Å². The van der Waals surface area contributed by atoms with Gasteiger partial charge in [0.05, 0.1) is 17.8 Å². The van der Waals surface area contributed by atoms with Crippen LogP contribution in [0, 0.1) is 11.3 Å². The van der Waals surface area contributed by atoms with Gasteiger partial charge in [-0.2, -0.15) is 10.4 Å². The molecule has 0 aliphatic rings. The third kappa shape index (κ3) is 5.82. The maximum absolute atomic E-state index is 12.1. The molecule has 0 fully saturated rings. The Bertz CT molecular complexity index is 1090. The van der Waals surface area contributed by atoms with Crippen LogP contribution in [0.2, 0.25) is 10.0 Å². The van der Waals surface area contributed by atoms with Crippen LogP contribution in [0.15, 0.2) is 71.8 Å². The molecule has 144 valence electrons. The van der Waals surface area contributed by atoms with Gasteiger partial charge in [0.15, 0.2) is 0 Å². The number of nitrogens with zero attached hydrogens (tertiary/aromatic N) is 2. The van der Waals surface area contributed by atoms with Gasteiger partial charge in [-0.15, -0.1) is 0 Å². The number of hydrogen-bond donors (Lipinski definition) is 1. The zero-order chi connectivity index (χ0) is 20.6. The summed E-state index contributed by atoms with van der Waals surface area (Å²) in [5.41, 5.74) is 4.96. The van der Waals surface area contributed by atoms with E-state index < -0.39 is 0 Å². The Morgan fingerprint density at radius 2 is 1.83 bits per heavy atom. The van der Waals surface area contributed by atoms with Crippen molar-refractivity contribution in [3.63, 3.8) is 0 Å². The van der Waals surface area contributed by atoms with Crippen molar-refractivity contribution in [1.82, 2.24) is 5.43 Å². The van der Waals surface area contributed by atoms with Crippen LogP contribution >= 0.6 is 23.2 Å². The molecule has 0 bridgehead atoms. The fourth-order valence-electron chi connectivity index (χ4n) is 2.44. The van der Waals surface area contributed by atoms with E-state index >= 15 is 0 Å². The normalized spacial score (nSPS) is 10.5. The number of rotatable bonds is 6. The number of amides is 1. The molecule has 0 aliphatic carbocycles. The first kappa shape index (κ1) is 20.4. The topological polar surface area (TPSA) is 74.5 Å². The van der Waals surface area contributed by atoms with Crippen LogP contribution in [-0.2, 0) is 6.61 Å². The average Bonchev–Trinajstić information content (AvgIpc) is 2.73. The summed E-state index contributed by atoms with van der Waals surface area (Å²) < 4.78 is 5.85. The number of benzene rings is 3. The zero-order valence-electron chi connectivity index (χ0n) is 15.1. The van der Waals surface area contributed by atoms with E-state index in [1.165, 1.54) is 6.21 Å². The molecule has 0 saturated heterocycles. The Morgan fingerprint density at radius 3 is 2.55 bits per heavy atom. The molecule has 0 heterocycles. The maximum atomic E-state index is 12.1. The molecule has 3 aromatic rings. The second-order valence-electron chi connectivity index (χ2n) is 5.99. The molecular formula is C22H15Cl2N3O2. The molecule has 29 heavy (non-hydrogen) atoms. The standard InChI is InChI=1S/C22H15Cl2N3O2/c23-19-3-1-2-17(10-19)22(28)27-26-13-18-11-20(24)8-9-21(18)29-14-16-6-4-15(12-25)5-7-16/h1-11,13H,14H2,(H,27,28)/b26-13+. The lowest BCUT2D eigenvalue weighted by Crippen LogP contribution is -2.17. The summed E-state index contributed by atoms with van der Waals surface area (Å²) in [5, 5.41) is 13.8. The van der Waals surface area contributed by atoms with Crippen LogP contribution in [0.4, 0.5) is 0 Å². The molecule has 1 amide bonds. The maximum Gasteiger partial charge on any atom is 0.271 e. The van der Waals surface area contributed by atoms with Gasteiger partial charge in [0.1, 0.15) is 12.4 Å². The lowest BCUT2D eigenvalue weighted by molar-refractivity contribution is 0.0955. The molecule has 0 atom stereocenters. The van der Waals surface area contributed by atoms with E-state index in [9.17, 15) is 4.79 Å². The van der Waals surface area contributed by atoms with Crippen molar-refractivity contribution < 1.29 is 9.53 Å². The van der Waals surface area contributed by atoms with Crippen LogP contribution in [0.1, 0.15) is 27.0 Å². The number of nitrogens with one attached hydrogen (secondary N) is 1. The first-order valence-electron chi connectivity index (χ1n) is 8.55. The second-order valence-corrected chi connectivity index (χ2v) is 6.86. The molecule has 0 spiro atoms. The molecule has 0 unspecified atom stereocenters. The number of hydrogen-bond acceptors (Lipinski definition) is 4. The minimum absolute atomic E-state index is 0.309. The Labute approximate surface area is 178 Å². The van der Waals surface area contributed by atoms with Crippen LogP contribution in [0.25, 0.3) is 0 Å². The molecule has 5 nitrogen and oxygen atoms in total. The van der Waals surface area contributed by atoms with Gasteiger partial charge >= 0.3 is 0 Å². The van der Waals surface area contributed by atoms with Gasteiger partial charge in [0.2, 0.25) is 0 Å². The van der Waals surface area contributed by atoms with Gasteiger partial charge in [0, 0.05) is 21.2 Å². The Hall–Kier alpha value is -3.33. The van der Waals surface area contributed by atoms with Crippen LogP contribution in [0.3, 0.4) is 0 Å². The first-order chi connectivity index (χ1) is 14.0. The Morgan fingerprint density at radius 1 is 1.07 bits per heavy atom. The molecule has 3 aromatic carbocycles. The van der Waals surface area contributed by atoms with E-state index in [1.807, 2.05) is 12.1 Å². The van der Waals surface area contributed by atoms with Crippen molar-refractivity contribution in [2.75, 3.05) is 0 Å². The van der Waals surface area contributed by atoms with Gasteiger partial charge in [-0.25, -0.2) is 5.43 Å². The fourth-order valence-corrected chi connectivity index (χ4v) is 2.81. The zero-order valence-corrected chi connectivity index (χ0v) is 16.6. The fraction of sp³-hybridized carbons (Fsp3) is 0.0455. The molecule has 0 aromatic heterocycles. The molecule has 0 aliphatic heterocycles. The number of hydrazone groups is 1. The largest absolute Gasteiger partial charge is 0.488 e. The number of carbonyl (C=O) groups excluding carboxylic acids is 1. The van der Waals surface area contributed by atoms with Crippen LogP contribution in [-0.4, -0.2) is 12.1 Å². The minimum atomic E-state index is -0.383. The van der Waals surface area contributed by atoms with E-state index in [0.717, 1.165) is 5.56 Å². The van der Waals surface area contributed by atoms with E-state index in [-0.39, 0.29) is 5.91 Å². The second kappa shape index (κ2) is 9.74. The first-order valence-corrected chi connectivity index (χ1v) is 9.31. The summed E-state index contributed by atoms with van der Waals surface area (Å²) in [4.78, 5) is 12.1. The summed E-state index contributed by atoms with van der Waals surface area (Å²) in [7, 11) is 0. The van der Waals surface area contributed by atoms with Crippen molar-refractivity contribution in [1.29, 1.82) is 5.26 Å². The summed E-state index contributed by atoms with van der Waals surface area (Å²) >= 11 is 12.0. The monoisotopic (exact) mass is 423 g/mol. The number of ether oxygens (including phenoxy) is 1. The predicted octanol–water partition coefficient (Wildman–Crippen LogP) is 5.21. The molecule has 3 rings (SSSR count). The summed E-state index contributed by atoms with van der Waals surface area (Å²) in [6.07, 6.45) is 1.46. The van der Waals surface area contributed by atoms with Gasteiger partial charge in [-0.05, 0) is 54.1 Å². The van der Waals surface area contributed by atoms with Crippen molar-refractivity contribution in [2.24, 2.45) is 5.10 Å². The van der Waals surface area contributed by atoms with Gasteiger partial charge in [-0.3, -0.25) is 4.79 Å². The molecule has 0 radical (unpaired) electrons. The van der Waals surface area contributed by atoms with Crippen molar-refractivity contribution >= 4 is 35.3 Å². The third-order valence-corrected chi connectivity index (χ3v) is 4.38. The van der Waals surface area contributed by atoms with Gasteiger partial charge in [0.25, 0.3) is 5.91 Å². The smallest absolute Gasteiger partial charge is 0.271 e. The highest BCUT2D eigenvalue weighted by Crippen LogP contribution is 2.22. The van der Waals surface area contributed by atoms with Gasteiger partial charge in [-0.1, -0.05) is 41.4 Å². The molecule has 1 N–H and O–H groups in total. The number of carbonyl (C=O) groups is 1. The lowest BCUT2D eigenvalue weighted by atomic mass is 10.1.